The Hall–Kier alpha value is -6.78. The molecule has 7 aromatic carbocycles. The lowest BCUT2D eigenvalue weighted by molar-refractivity contribution is 0.414. The van der Waals surface area contributed by atoms with Crippen LogP contribution in [0, 0.1) is 0 Å². The summed E-state index contributed by atoms with van der Waals surface area (Å²) < 4.78 is 12.7. The van der Waals surface area contributed by atoms with Gasteiger partial charge < -0.3 is 18.4 Å². The summed E-state index contributed by atoms with van der Waals surface area (Å²) >= 11 is 0. The van der Waals surface area contributed by atoms with Gasteiger partial charge in [0, 0.05) is 55.3 Å². The van der Waals surface area contributed by atoms with Crippen molar-refractivity contribution in [3.63, 3.8) is 0 Å². The molecule has 0 aliphatic heterocycles. The number of methoxy groups -OCH3 is 1. The standard InChI is InChI=1S/C49H35N3O/c1-53-37-26-24-36(25-27-37)52-47-17-9-5-13-41(47)43-31-33(19-29-49(43)52)32-18-28-48-42(30-32)40-12-4-8-16-46(40)51(48)35-22-20-34(21-23-35)50-44-14-6-2-10-38(44)39-11-3-7-15-45(39)50/h2-8,10-16,18-31H,9,17H2,1H3. The van der Waals surface area contributed by atoms with Crippen LogP contribution < -0.4 is 4.74 Å². The first-order chi connectivity index (χ1) is 26.2. The first kappa shape index (κ1) is 29.9. The zero-order valence-corrected chi connectivity index (χ0v) is 29.3. The van der Waals surface area contributed by atoms with E-state index in [4.69, 9.17) is 4.74 Å². The Balaban J connectivity index is 1.03. The van der Waals surface area contributed by atoms with Crippen LogP contribution in [0.3, 0.4) is 0 Å². The van der Waals surface area contributed by atoms with E-state index >= 15 is 0 Å². The molecule has 0 atom stereocenters. The second-order valence-electron chi connectivity index (χ2n) is 14.0. The van der Waals surface area contributed by atoms with Gasteiger partial charge in [-0.3, -0.25) is 0 Å². The van der Waals surface area contributed by atoms with E-state index in [1.54, 1.807) is 7.11 Å². The summed E-state index contributed by atoms with van der Waals surface area (Å²) in [5.74, 6) is 0.870. The van der Waals surface area contributed by atoms with Crippen molar-refractivity contribution in [3.8, 4) is 33.9 Å². The molecule has 0 amide bonds. The van der Waals surface area contributed by atoms with Crippen molar-refractivity contribution >= 4 is 60.6 Å². The van der Waals surface area contributed by atoms with E-state index in [2.05, 4.69) is 171 Å². The zero-order valence-electron chi connectivity index (χ0n) is 29.3. The van der Waals surface area contributed by atoms with Gasteiger partial charge in [0.1, 0.15) is 5.75 Å². The summed E-state index contributed by atoms with van der Waals surface area (Å²) in [6, 6.07) is 57.5. The van der Waals surface area contributed by atoms with Crippen LogP contribution in [0.2, 0.25) is 0 Å². The number of rotatable bonds is 5. The van der Waals surface area contributed by atoms with Gasteiger partial charge >= 0.3 is 0 Å². The Morgan fingerprint density at radius 1 is 0.434 bits per heavy atom. The summed E-state index contributed by atoms with van der Waals surface area (Å²) in [5.41, 5.74) is 14.7. The predicted molar refractivity (Wildman–Crippen MR) is 221 cm³/mol. The maximum atomic E-state index is 5.46. The molecule has 11 rings (SSSR count). The lowest BCUT2D eigenvalue weighted by Gasteiger charge is -2.13. The smallest absolute Gasteiger partial charge is 0.119 e. The molecule has 4 nitrogen and oxygen atoms in total. The van der Waals surface area contributed by atoms with Crippen molar-refractivity contribution in [1.82, 2.24) is 13.7 Å². The van der Waals surface area contributed by atoms with Crippen molar-refractivity contribution < 1.29 is 4.74 Å². The van der Waals surface area contributed by atoms with E-state index in [1.807, 2.05) is 12.1 Å². The highest BCUT2D eigenvalue weighted by atomic mass is 16.5. The van der Waals surface area contributed by atoms with Gasteiger partial charge in [-0.2, -0.15) is 0 Å². The number of fused-ring (bicyclic) bond motifs is 9. The van der Waals surface area contributed by atoms with Gasteiger partial charge in [0.15, 0.2) is 0 Å². The topological polar surface area (TPSA) is 24.0 Å². The summed E-state index contributed by atoms with van der Waals surface area (Å²) in [4.78, 5) is 0. The van der Waals surface area contributed by atoms with E-state index in [-0.39, 0.29) is 0 Å². The van der Waals surface area contributed by atoms with E-state index in [0.29, 0.717) is 0 Å². The van der Waals surface area contributed by atoms with Crippen molar-refractivity contribution in [3.05, 3.63) is 175 Å². The second-order valence-corrected chi connectivity index (χ2v) is 14.0. The molecule has 1 aliphatic rings. The maximum Gasteiger partial charge on any atom is 0.119 e. The van der Waals surface area contributed by atoms with Gasteiger partial charge in [-0.25, -0.2) is 0 Å². The molecule has 252 valence electrons. The SMILES string of the molecule is COc1ccc(-n2c3c(c4cc(-c5ccc6c(c5)c5ccccc5n6-c5ccc(-n6c7ccccc7c7ccccc76)cc5)ccc42)C=CCC3)cc1. The fourth-order valence-corrected chi connectivity index (χ4v) is 8.81. The average Bonchev–Trinajstić information content (AvgIpc) is 3.86. The van der Waals surface area contributed by atoms with Crippen LogP contribution in [-0.4, -0.2) is 20.8 Å². The lowest BCUT2D eigenvalue weighted by atomic mass is 9.98. The molecule has 3 aromatic heterocycles. The fraction of sp³-hybridized carbons (Fsp3) is 0.0612. The van der Waals surface area contributed by atoms with Crippen LogP contribution in [0.5, 0.6) is 5.75 Å². The average molecular weight is 682 g/mol. The van der Waals surface area contributed by atoms with Gasteiger partial charge in [0.2, 0.25) is 0 Å². The quantitative estimate of drug-likeness (QED) is 0.177. The molecule has 0 unspecified atom stereocenters. The maximum absolute atomic E-state index is 5.46. The zero-order chi connectivity index (χ0) is 35.0. The van der Waals surface area contributed by atoms with E-state index in [9.17, 15) is 0 Å². The number of hydrogen-bond acceptors (Lipinski definition) is 1. The highest BCUT2D eigenvalue weighted by Crippen LogP contribution is 2.40. The van der Waals surface area contributed by atoms with Gasteiger partial charge in [0.05, 0.1) is 34.7 Å². The number of nitrogens with zero attached hydrogens (tertiary/aromatic N) is 3. The molecule has 1 aliphatic carbocycles. The molecular formula is C49H35N3O. The monoisotopic (exact) mass is 681 g/mol. The lowest BCUT2D eigenvalue weighted by Crippen LogP contribution is -2.02. The molecule has 0 saturated heterocycles. The molecule has 10 aromatic rings. The molecule has 0 bridgehead atoms. The van der Waals surface area contributed by atoms with Crippen LogP contribution in [0.15, 0.2) is 164 Å². The minimum atomic E-state index is 0.870. The second kappa shape index (κ2) is 11.6. The minimum absolute atomic E-state index is 0.870. The van der Waals surface area contributed by atoms with Crippen molar-refractivity contribution in [2.24, 2.45) is 0 Å². The van der Waals surface area contributed by atoms with E-state index in [1.165, 1.54) is 76.9 Å². The highest BCUT2D eigenvalue weighted by Gasteiger charge is 2.20. The van der Waals surface area contributed by atoms with Crippen LogP contribution in [-0.2, 0) is 6.42 Å². The number of hydrogen-bond donors (Lipinski definition) is 0. The third-order valence-corrected chi connectivity index (χ3v) is 11.2. The minimum Gasteiger partial charge on any atom is -0.497 e. The molecule has 4 heteroatoms. The number of ether oxygens (including phenoxy) is 1. The third kappa shape index (κ3) is 4.49. The molecule has 0 spiro atoms. The third-order valence-electron chi connectivity index (χ3n) is 11.2. The molecule has 3 heterocycles. The number of benzene rings is 7. The normalized spacial score (nSPS) is 12.8. The number of aromatic nitrogens is 3. The Labute approximate surface area is 307 Å². The van der Waals surface area contributed by atoms with Gasteiger partial charge in [-0.1, -0.05) is 78.9 Å². The van der Waals surface area contributed by atoms with Gasteiger partial charge in [-0.05, 0) is 115 Å². The Morgan fingerprint density at radius 2 is 0.887 bits per heavy atom. The summed E-state index contributed by atoms with van der Waals surface area (Å²) in [7, 11) is 1.72. The molecular weight excluding hydrogens is 647 g/mol. The van der Waals surface area contributed by atoms with Crippen LogP contribution >= 0.6 is 0 Å². The van der Waals surface area contributed by atoms with Gasteiger partial charge in [0.25, 0.3) is 0 Å². The Kier molecular flexibility index (Phi) is 6.56. The first-order valence-corrected chi connectivity index (χ1v) is 18.4. The van der Waals surface area contributed by atoms with Crippen molar-refractivity contribution in [2.45, 2.75) is 12.8 Å². The molecule has 53 heavy (non-hydrogen) atoms. The summed E-state index contributed by atoms with van der Waals surface area (Å²) in [6.07, 6.45) is 6.69. The number of allylic oxidation sites excluding steroid dienone is 1. The van der Waals surface area contributed by atoms with E-state index in [0.717, 1.165) is 35.7 Å². The first-order valence-electron chi connectivity index (χ1n) is 18.4. The van der Waals surface area contributed by atoms with Crippen molar-refractivity contribution in [2.75, 3.05) is 7.11 Å². The van der Waals surface area contributed by atoms with Crippen LogP contribution in [0.25, 0.3) is 88.8 Å². The predicted octanol–water partition coefficient (Wildman–Crippen LogP) is 12.5. The Bertz CT molecular complexity index is 3030. The molecule has 0 N–H and O–H groups in total. The molecule has 0 saturated carbocycles. The van der Waals surface area contributed by atoms with Crippen molar-refractivity contribution in [1.29, 1.82) is 0 Å². The Morgan fingerprint density at radius 3 is 1.45 bits per heavy atom. The highest BCUT2D eigenvalue weighted by molar-refractivity contribution is 6.11. The number of para-hydroxylation sites is 3. The van der Waals surface area contributed by atoms with Crippen LogP contribution in [0.4, 0.5) is 0 Å². The van der Waals surface area contributed by atoms with Gasteiger partial charge in [-0.15, -0.1) is 0 Å². The van der Waals surface area contributed by atoms with Crippen LogP contribution in [0.1, 0.15) is 17.7 Å². The molecule has 0 radical (unpaired) electrons. The largest absolute Gasteiger partial charge is 0.497 e. The summed E-state index contributed by atoms with van der Waals surface area (Å²) in [6.45, 7) is 0. The summed E-state index contributed by atoms with van der Waals surface area (Å²) in [5, 5.41) is 6.34. The molecule has 0 fully saturated rings. The van der Waals surface area contributed by atoms with E-state index < -0.39 is 0 Å². The fourth-order valence-electron chi connectivity index (χ4n) is 8.81.